The summed E-state index contributed by atoms with van der Waals surface area (Å²) < 4.78 is 1.79. The summed E-state index contributed by atoms with van der Waals surface area (Å²) >= 11 is 0. The number of aromatic amines is 1. The van der Waals surface area contributed by atoms with Gasteiger partial charge in [-0.1, -0.05) is 0 Å². The van der Waals surface area contributed by atoms with Gasteiger partial charge in [0.15, 0.2) is 5.78 Å². The molecule has 0 aromatic carbocycles. The van der Waals surface area contributed by atoms with Gasteiger partial charge in [0.05, 0.1) is 5.69 Å². The molecule has 0 unspecified atom stereocenters. The van der Waals surface area contributed by atoms with Crippen molar-refractivity contribution in [3.63, 3.8) is 0 Å². The summed E-state index contributed by atoms with van der Waals surface area (Å²) in [7, 11) is 0. The molecule has 0 bridgehead atoms. The number of pyridine rings is 1. The number of nitrogens with one attached hydrogen (secondary N) is 1. The van der Waals surface area contributed by atoms with Crippen LogP contribution in [0.1, 0.15) is 41.7 Å². The van der Waals surface area contributed by atoms with Crippen LogP contribution < -0.4 is 17.0 Å². The van der Waals surface area contributed by atoms with E-state index in [0.29, 0.717) is 62.0 Å². The van der Waals surface area contributed by atoms with Gasteiger partial charge in [0.2, 0.25) is 5.91 Å². The average molecular weight is 422 g/mol. The number of carbonyl (C=O) groups is 2. The van der Waals surface area contributed by atoms with Crippen molar-refractivity contribution < 1.29 is 9.59 Å². The maximum absolute atomic E-state index is 12.7. The van der Waals surface area contributed by atoms with Crippen molar-refractivity contribution in [2.24, 2.45) is 5.92 Å². The minimum absolute atomic E-state index is 0.00402. The minimum Gasteiger partial charge on any atom is -0.396 e. The molecule has 0 aliphatic carbocycles. The first-order valence-corrected chi connectivity index (χ1v) is 10.4. The van der Waals surface area contributed by atoms with Gasteiger partial charge in [-0.2, -0.15) is 0 Å². The standard InChI is InChI=1S/C22H26N6O3/c23-17-11-15(12-25-21(17)24)20(30)14-6-9-27(10-7-14)19(29)5-1-3-16-13-28-8-2-4-18(28)22(31)26-16/h2,4,8,11-14H,1,3,5-7,9-10,23H2,(H2,24,25)(H,26,31). The lowest BCUT2D eigenvalue weighted by atomic mass is 9.89. The number of piperidine rings is 1. The zero-order valence-electron chi connectivity index (χ0n) is 17.2. The first-order valence-electron chi connectivity index (χ1n) is 10.4. The third-order valence-electron chi connectivity index (χ3n) is 5.87. The number of ketones is 1. The van der Waals surface area contributed by atoms with E-state index < -0.39 is 0 Å². The predicted octanol–water partition coefficient (Wildman–Crippen LogP) is 1.63. The zero-order valence-corrected chi connectivity index (χ0v) is 17.2. The molecule has 3 aromatic rings. The Balaban J connectivity index is 1.26. The summed E-state index contributed by atoms with van der Waals surface area (Å²) in [5, 5.41) is 0. The van der Waals surface area contributed by atoms with E-state index in [1.165, 1.54) is 6.20 Å². The Morgan fingerprint density at radius 1 is 1.23 bits per heavy atom. The molecule has 9 heteroatoms. The van der Waals surface area contributed by atoms with Crippen molar-refractivity contribution in [2.75, 3.05) is 24.6 Å². The van der Waals surface area contributed by atoms with Crippen molar-refractivity contribution >= 4 is 28.7 Å². The molecule has 1 saturated heterocycles. The summed E-state index contributed by atoms with van der Waals surface area (Å²) in [5.74, 6) is 0.144. The Kier molecular flexibility index (Phi) is 5.75. The Labute approximate surface area is 179 Å². The monoisotopic (exact) mass is 422 g/mol. The highest BCUT2D eigenvalue weighted by Gasteiger charge is 2.28. The molecule has 0 spiro atoms. The normalized spacial score (nSPS) is 14.8. The maximum Gasteiger partial charge on any atom is 0.272 e. The maximum atomic E-state index is 12.7. The summed E-state index contributed by atoms with van der Waals surface area (Å²) in [6.45, 7) is 1.11. The molecular weight excluding hydrogens is 396 g/mol. The third-order valence-corrected chi connectivity index (χ3v) is 5.87. The number of aryl methyl sites for hydroxylation is 1. The lowest BCUT2D eigenvalue weighted by molar-refractivity contribution is -0.132. The van der Waals surface area contributed by atoms with E-state index in [-0.39, 0.29) is 29.0 Å². The molecule has 1 aliphatic heterocycles. The quantitative estimate of drug-likeness (QED) is 0.516. The number of amides is 1. The number of hydrogen-bond donors (Lipinski definition) is 3. The number of carbonyl (C=O) groups excluding carboxylic acids is 2. The molecule has 1 fully saturated rings. The molecule has 1 amide bonds. The van der Waals surface area contributed by atoms with Gasteiger partial charge in [0.25, 0.3) is 5.56 Å². The first kappa shape index (κ1) is 20.6. The highest BCUT2D eigenvalue weighted by molar-refractivity contribution is 5.98. The number of aromatic nitrogens is 3. The van der Waals surface area contributed by atoms with Crippen LogP contribution in [0.2, 0.25) is 0 Å². The second kappa shape index (κ2) is 8.63. The van der Waals surface area contributed by atoms with E-state index in [9.17, 15) is 14.4 Å². The number of fused-ring (bicyclic) bond motifs is 1. The van der Waals surface area contributed by atoms with Crippen LogP contribution in [0.3, 0.4) is 0 Å². The number of nitrogens with zero attached hydrogens (tertiary/aromatic N) is 3. The molecule has 4 rings (SSSR count). The fourth-order valence-electron chi connectivity index (χ4n) is 4.08. The van der Waals surface area contributed by atoms with Crippen LogP contribution in [0.15, 0.2) is 41.6 Å². The fourth-order valence-corrected chi connectivity index (χ4v) is 4.08. The van der Waals surface area contributed by atoms with E-state index >= 15 is 0 Å². The molecule has 0 radical (unpaired) electrons. The molecule has 3 aromatic heterocycles. The van der Waals surface area contributed by atoms with Gasteiger partial charge in [0.1, 0.15) is 11.3 Å². The van der Waals surface area contributed by atoms with Crippen LogP contribution >= 0.6 is 0 Å². The number of H-pyrrole nitrogens is 1. The van der Waals surface area contributed by atoms with Gasteiger partial charge in [-0.25, -0.2) is 4.98 Å². The number of anilines is 2. The van der Waals surface area contributed by atoms with Gasteiger partial charge in [-0.3, -0.25) is 14.4 Å². The van der Waals surface area contributed by atoms with Crippen molar-refractivity contribution in [1.29, 1.82) is 0 Å². The Morgan fingerprint density at radius 3 is 2.74 bits per heavy atom. The lowest BCUT2D eigenvalue weighted by Gasteiger charge is -2.31. The summed E-state index contributed by atoms with van der Waals surface area (Å²) in [4.78, 5) is 46.0. The lowest BCUT2D eigenvalue weighted by Crippen LogP contribution is -2.40. The van der Waals surface area contributed by atoms with Crippen LogP contribution in [-0.2, 0) is 11.2 Å². The van der Waals surface area contributed by atoms with E-state index in [0.717, 1.165) is 5.69 Å². The second-order valence-electron chi connectivity index (χ2n) is 7.98. The van der Waals surface area contributed by atoms with Crippen LogP contribution in [0.5, 0.6) is 0 Å². The van der Waals surface area contributed by atoms with Crippen LogP contribution in [0, 0.1) is 5.92 Å². The molecular formula is C22H26N6O3. The van der Waals surface area contributed by atoms with Crippen molar-refractivity contribution in [2.45, 2.75) is 32.1 Å². The Bertz CT molecular complexity index is 1170. The van der Waals surface area contributed by atoms with Crippen molar-refractivity contribution in [3.05, 3.63) is 58.4 Å². The zero-order chi connectivity index (χ0) is 22.0. The molecule has 31 heavy (non-hydrogen) atoms. The molecule has 0 saturated carbocycles. The fraction of sp³-hybridized carbons (Fsp3) is 0.364. The molecule has 9 nitrogen and oxygen atoms in total. The summed E-state index contributed by atoms with van der Waals surface area (Å²) in [6, 6.07) is 5.15. The molecule has 0 atom stereocenters. The Morgan fingerprint density at radius 2 is 2.00 bits per heavy atom. The van der Waals surface area contributed by atoms with Crippen LogP contribution in [0.25, 0.3) is 5.52 Å². The topological polar surface area (TPSA) is 140 Å². The van der Waals surface area contributed by atoms with Gasteiger partial charge in [-0.05, 0) is 43.9 Å². The van der Waals surface area contributed by atoms with Gasteiger partial charge in [0, 0.05) is 55.3 Å². The number of Topliss-reactive ketones (excluding diaryl/α,β-unsaturated/α-hetero) is 1. The number of likely N-dealkylation sites (tertiary alicyclic amines) is 1. The van der Waals surface area contributed by atoms with E-state index in [1.807, 2.05) is 23.4 Å². The largest absolute Gasteiger partial charge is 0.396 e. The van der Waals surface area contributed by atoms with Crippen molar-refractivity contribution in [1.82, 2.24) is 19.3 Å². The minimum atomic E-state index is -0.146. The van der Waals surface area contributed by atoms with E-state index in [2.05, 4.69) is 9.97 Å². The van der Waals surface area contributed by atoms with Gasteiger partial charge >= 0.3 is 0 Å². The number of nitrogens with two attached hydrogens (primary N) is 2. The van der Waals surface area contributed by atoms with E-state index in [4.69, 9.17) is 11.5 Å². The Hall–Kier alpha value is -3.62. The van der Waals surface area contributed by atoms with E-state index in [1.54, 1.807) is 16.5 Å². The second-order valence-corrected chi connectivity index (χ2v) is 7.98. The number of rotatable bonds is 6. The highest BCUT2D eigenvalue weighted by atomic mass is 16.2. The van der Waals surface area contributed by atoms with Crippen molar-refractivity contribution in [3.8, 4) is 0 Å². The molecule has 5 N–H and O–H groups in total. The van der Waals surface area contributed by atoms with Gasteiger partial charge in [-0.15, -0.1) is 0 Å². The van der Waals surface area contributed by atoms with Crippen LogP contribution in [-0.4, -0.2) is 44.0 Å². The number of nitrogen functional groups attached to an aromatic ring is 2. The number of hydrogen-bond acceptors (Lipinski definition) is 6. The first-order chi connectivity index (χ1) is 14.9. The predicted molar refractivity (Wildman–Crippen MR) is 118 cm³/mol. The van der Waals surface area contributed by atoms with Crippen LogP contribution in [0.4, 0.5) is 11.5 Å². The average Bonchev–Trinajstić information content (AvgIpc) is 3.24. The highest BCUT2D eigenvalue weighted by Crippen LogP contribution is 2.24. The molecule has 4 heterocycles. The molecule has 1 aliphatic rings. The summed E-state index contributed by atoms with van der Waals surface area (Å²) in [6.07, 6.45) is 8.09. The third kappa shape index (κ3) is 4.45. The summed E-state index contributed by atoms with van der Waals surface area (Å²) in [5.41, 5.74) is 13.4. The SMILES string of the molecule is Nc1cc(C(=O)C2CCN(C(=O)CCCc3cn4cccc4c(=O)[nH]3)CC2)cnc1N. The molecule has 162 valence electrons. The smallest absolute Gasteiger partial charge is 0.272 e. The van der Waals surface area contributed by atoms with Gasteiger partial charge < -0.3 is 25.8 Å².